The zero-order valence-corrected chi connectivity index (χ0v) is 12.6. The molecule has 2 amide bonds. The molecule has 0 spiro atoms. The Morgan fingerprint density at radius 3 is 3.05 bits per heavy atom. The number of nitrogens with one attached hydrogen (secondary N) is 1. The molecule has 2 rings (SSSR count). The molecule has 5 nitrogen and oxygen atoms in total. The standard InChI is InChI=1S/C15H18N2O3S/c1-2-11(10-18)16-14(19)9-17-12-5-3-4-6-13(12)21-8-7-15(17)20/h3-6,10-11H,2,7-9H2,1H3,(H,16,19)/t11-/m1/s1/i10D. The Morgan fingerprint density at radius 1 is 1.57 bits per heavy atom. The lowest BCUT2D eigenvalue weighted by Crippen LogP contribution is -2.44. The molecule has 0 saturated carbocycles. The average Bonchev–Trinajstić information content (AvgIpc) is 2.64. The molecule has 1 aliphatic rings. The number of nitrogens with zero attached hydrogens (tertiary/aromatic N) is 1. The summed E-state index contributed by atoms with van der Waals surface area (Å²) in [5.41, 5.74) is 0.718. The third-order valence-electron chi connectivity index (χ3n) is 3.22. The largest absolute Gasteiger partial charge is 0.345 e. The molecule has 0 saturated heterocycles. The maximum absolute atomic E-state index is 12.2. The maximum Gasteiger partial charge on any atom is 0.240 e. The second-order valence-electron chi connectivity index (χ2n) is 4.69. The molecular formula is C15H18N2O3S. The van der Waals surface area contributed by atoms with Crippen LogP contribution in [0.3, 0.4) is 0 Å². The molecule has 112 valence electrons. The zero-order valence-electron chi connectivity index (χ0n) is 12.8. The van der Waals surface area contributed by atoms with Gasteiger partial charge in [0.1, 0.15) is 14.2 Å². The number of fused-ring (bicyclic) bond motifs is 1. The molecule has 6 heteroatoms. The predicted octanol–water partition coefficient (Wildman–Crippen LogP) is 1.61. The zero-order chi connectivity index (χ0) is 16.1. The van der Waals surface area contributed by atoms with E-state index in [1.54, 1.807) is 18.7 Å². The molecule has 0 fully saturated rings. The molecule has 0 aliphatic carbocycles. The molecule has 1 aliphatic heterocycles. The van der Waals surface area contributed by atoms with E-state index in [-0.39, 0.29) is 12.5 Å². The lowest BCUT2D eigenvalue weighted by atomic mass is 10.2. The Balaban J connectivity index is 2.15. The number of para-hydroxylation sites is 1. The summed E-state index contributed by atoms with van der Waals surface area (Å²) in [6, 6.07) is 6.63. The summed E-state index contributed by atoms with van der Waals surface area (Å²) in [5.74, 6) is 0.136. The van der Waals surface area contributed by atoms with Crippen LogP contribution < -0.4 is 10.2 Å². The molecule has 0 bridgehead atoms. The van der Waals surface area contributed by atoms with Gasteiger partial charge in [0.25, 0.3) is 0 Å². The van der Waals surface area contributed by atoms with Gasteiger partial charge in [-0.25, -0.2) is 0 Å². The van der Waals surface area contributed by atoms with Gasteiger partial charge >= 0.3 is 0 Å². The Labute approximate surface area is 129 Å². The molecule has 0 aromatic heterocycles. The smallest absolute Gasteiger partial charge is 0.240 e. The highest BCUT2D eigenvalue weighted by Gasteiger charge is 2.24. The van der Waals surface area contributed by atoms with E-state index in [0.717, 1.165) is 10.6 Å². The first kappa shape index (κ1) is 14.1. The predicted molar refractivity (Wildman–Crippen MR) is 82.4 cm³/mol. The van der Waals surface area contributed by atoms with Crippen LogP contribution in [-0.2, 0) is 14.4 Å². The summed E-state index contributed by atoms with van der Waals surface area (Å²) in [6.45, 7) is 1.58. The number of carbonyl (C=O) groups excluding carboxylic acids is 3. The van der Waals surface area contributed by atoms with E-state index in [9.17, 15) is 14.4 Å². The van der Waals surface area contributed by atoms with Crippen LogP contribution in [0.1, 0.15) is 21.1 Å². The minimum absolute atomic E-state index is 0.113. The van der Waals surface area contributed by atoms with Gasteiger partial charge in [-0.3, -0.25) is 9.59 Å². The number of rotatable bonds is 5. The number of thioether (sulfide) groups is 1. The van der Waals surface area contributed by atoms with Crippen molar-refractivity contribution in [2.24, 2.45) is 0 Å². The van der Waals surface area contributed by atoms with Crippen LogP contribution in [-0.4, -0.2) is 36.4 Å². The van der Waals surface area contributed by atoms with Gasteiger partial charge in [-0.05, 0) is 18.6 Å². The molecule has 1 atom stereocenters. The van der Waals surface area contributed by atoms with Crippen LogP contribution in [0.25, 0.3) is 0 Å². The second-order valence-corrected chi connectivity index (χ2v) is 5.83. The summed E-state index contributed by atoms with van der Waals surface area (Å²) in [4.78, 5) is 37.8. The van der Waals surface area contributed by atoms with Crippen molar-refractivity contribution in [2.45, 2.75) is 30.7 Å². The second kappa shape index (κ2) is 7.26. The van der Waals surface area contributed by atoms with E-state index in [1.165, 1.54) is 4.90 Å². The minimum atomic E-state index is -0.825. The number of carbonyl (C=O) groups is 3. The van der Waals surface area contributed by atoms with E-state index in [2.05, 4.69) is 5.32 Å². The SMILES string of the molecule is [2H]C(=O)[C@@H](CC)NC(=O)CN1C(=O)CCSc2ccccc21. The summed E-state index contributed by atoms with van der Waals surface area (Å²) in [6.07, 6.45) is -0.107. The van der Waals surface area contributed by atoms with Gasteiger partial charge < -0.3 is 15.0 Å². The van der Waals surface area contributed by atoms with Gasteiger partial charge in [0.2, 0.25) is 11.8 Å². The fraction of sp³-hybridized carbons (Fsp3) is 0.400. The van der Waals surface area contributed by atoms with Crippen LogP contribution in [0.4, 0.5) is 5.69 Å². The van der Waals surface area contributed by atoms with Crippen LogP contribution in [0.5, 0.6) is 0 Å². The Bertz CT molecular complexity index is 594. The highest BCUT2D eigenvalue weighted by Crippen LogP contribution is 2.33. The molecule has 0 unspecified atom stereocenters. The summed E-state index contributed by atoms with van der Waals surface area (Å²) in [5, 5.41) is 2.51. The van der Waals surface area contributed by atoms with E-state index >= 15 is 0 Å². The Kier molecular flexibility index (Phi) is 4.89. The third-order valence-corrected chi connectivity index (χ3v) is 4.28. The lowest BCUT2D eigenvalue weighted by Gasteiger charge is -2.22. The molecule has 1 N–H and O–H groups in total. The number of aldehydes is 1. The first-order valence-corrected chi connectivity index (χ1v) is 7.83. The number of hydrogen-bond acceptors (Lipinski definition) is 4. The number of benzene rings is 1. The van der Waals surface area contributed by atoms with Crippen molar-refractivity contribution in [3.05, 3.63) is 24.3 Å². The molecule has 1 aromatic carbocycles. The van der Waals surface area contributed by atoms with Crippen molar-refractivity contribution in [1.82, 2.24) is 5.32 Å². The van der Waals surface area contributed by atoms with E-state index in [1.807, 2.05) is 24.3 Å². The van der Waals surface area contributed by atoms with Crippen molar-refractivity contribution >= 4 is 35.5 Å². The van der Waals surface area contributed by atoms with Gasteiger partial charge in [0, 0.05) is 17.1 Å². The normalized spacial score (nSPS) is 16.5. The molecule has 1 heterocycles. The topological polar surface area (TPSA) is 66.5 Å². The fourth-order valence-corrected chi connectivity index (χ4v) is 3.09. The van der Waals surface area contributed by atoms with E-state index in [4.69, 9.17) is 1.37 Å². The highest BCUT2D eigenvalue weighted by atomic mass is 32.2. The van der Waals surface area contributed by atoms with Crippen LogP contribution in [0.15, 0.2) is 29.2 Å². The molecular weight excluding hydrogens is 288 g/mol. The first-order chi connectivity index (χ1) is 10.5. The number of amides is 2. The number of anilines is 1. The summed E-state index contributed by atoms with van der Waals surface area (Å²) >= 11 is 1.59. The van der Waals surface area contributed by atoms with Crippen molar-refractivity contribution < 1.29 is 15.8 Å². The third kappa shape index (κ3) is 3.85. The van der Waals surface area contributed by atoms with Gasteiger partial charge in [-0.1, -0.05) is 19.1 Å². The van der Waals surface area contributed by atoms with Gasteiger partial charge in [0.15, 0.2) is 0 Å². The van der Waals surface area contributed by atoms with Crippen LogP contribution >= 0.6 is 11.8 Å². The van der Waals surface area contributed by atoms with Gasteiger partial charge in [-0.2, -0.15) is 0 Å². The Hall–Kier alpha value is -1.82. The van der Waals surface area contributed by atoms with E-state index in [0.29, 0.717) is 18.6 Å². The van der Waals surface area contributed by atoms with Crippen molar-refractivity contribution in [3.63, 3.8) is 0 Å². The molecule has 21 heavy (non-hydrogen) atoms. The highest BCUT2D eigenvalue weighted by molar-refractivity contribution is 7.99. The van der Waals surface area contributed by atoms with Gasteiger partial charge in [0.05, 0.1) is 11.7 Å². The molecule has 1 aromatic rings. The quantitative estimate of drug-likeness (QED) is 0.839. The Morgan fingerprint density at radius 2 is 2.33 bits per heavy atom. The van der Waals surface area contributed by atoms with Gasteiger partial charge in [-0.15, -0.1) is 11.8 Å². The summed E-state index contributed by atoms with van der Waals surface area (Å²) < 4.78 is 7.10. The first-order valence-electron chi connectivity index (χ1n) is 7.35. The number of hydrogen-bond donors (Lipinski definition) is 1. The lowest BCUT2D eigenvalue weighted by molar-refractivity contribution is -0.125. The monoisotopic (exact) mass is 307 g/mol. The minimum Gasteiger partial charge on any atom is -0.345 e. The van der Waals surface area contributed by atoms with Crippen molar-refractivity contribution in [2.75, 3.05) is 17.2 Å². The average molecular weight is 307 g/mol. The fourth-order valence-electron chi connectivity index (χ4n) is 2.09. The van der Waals surface area contributed by atoms with Crippen molar-refractivity contribution in [3.8, 4) is 0 Å². The maximum atomic E-state index is 12.2. The van der Waals surface area contributed by atoms with Crippen LogP contribution in [0.2, 0.25) is 0 Å². The van der Waals surface area contributed by atoms with Crippen molar-refractivity contribution in [1.29, 1.82) is 0 Å². The van der Waals surface area contributed by atoms with Crippen LogP contribution in [0, 0.1) is 0 Å². The van der Waals surface area contributed by atoms with E-state index < -0.39 is 18.2 Å². The summed E-state index contributed by atoms with van der Waals surface area (Å²) in [7, 11) is 0. The molecule has 0 radical (unpaired) electrons.